The Labute approximate surface area is 143 Å². The van der Waals surface area contributed by atoms with Crippen molar-refractivity contribution < 1.29 is 22.7 Å². The molecule has 1 N–H and O–H groups in total. The summed E-state index contributed by atoms with van der Waals surface area (Å²) in [7, 11) is -3.63. The summed E-state index contributed by atoms with van der Waals surface area (Å²) in [5, 5.41) is 2.67. The molecule has 0 radical (unpaired) electrons. The SMILES string of the molecule is CCOC(=O)c1ccccc1N(CCNC(=O)C(C)C)S(C)(=O)=O. The molecule has 0 heterocycles. The first kappa shape index (κ1) is 20.0. The van der Waals surface area contributed by atoms with Crippen molar-refractivity contribution >= 4 is 27.6 Å². The van der Waals surface area contributed by atoms with Crippen LogP contribution in [0.15, 0.2) is 24.3 Å². The van der Waals surface area contributed by atoms with E-state index in [4.69, 9.17) is 4.74 Å². The Kier molecular flexibility index (Phi) is 7.21. The maximum absolute atomic E-state index is 12.1. The van der Waals surface area contributed by atoms with E-state index in [2.05, 4.69) is 5.32 Å². The van der Waals surface area contributed by atoms with E-state index in [1.54, 1.807) is 32.9 Å². The highest BCUT2D eigenvalue weighted by molar-refractivity contribution is 7.92. The summed E-state index contributed by atoms with van der Waals surface area (Å²) in [6.07, 6.45) is 1.05. The van der Waals surface area contributed by atoms with E-state index in [9.17, 15) is 18.0 Å². The second-order valence-electron chi connectivity index (χ2n) is 5.52. The summed E-state index contributed by atoms with van der Waals surface area (Å²) >= 11 is 0. The molecule has 0 aliphatic heterocycles. The molecule has 24 heavy (non-hydrogen) atoms. The van der Waals surface area contributed by atoms with Crippen molar-refractivity contribution in [3.63, 3.8) is 0 Å². The molecule has 0 aromatic heterocycles. The number of hydrogen-bond donors (Lipinski definition) is 1. The first-order chi connectivity index (χ1) is 11.2. The lowest BCUT2D eigenvalue weighted by molar-refractivity contribution is -0.123. The largest absolute Gasteiger partial charge is 0.462 e. The Hall–Kier alpha value is -2.09. The van der Waals surface area contributed by atoms with Gasteiger partial charge in [-0.1, -0.05) is 26.0 Å². The molecule has 8 heteroatoms. The Morgan fingerprint density at radius 1 is 1.25 bits per heavy atom. The lowest BCUT2D eigenvalue weighted by Crippen LogP contribution is -2.40. The van der Waals surface area contributed by atoms with Crippen molar-refractivity contribution in [2.24, 2.45) is 5.92 Å². The van der Waals surface area contributed by atoms with Crippen LogP contribution in [0.5, 0.6) is 0 Å². The van der Waals surface area contributed by atoms with Crippen molar-refractivity contribution in [1.82, 2.24) is 5.32 Å². The minimum atomic E-state index is -3.63. The van der Waals surface area contributed by atoms with Crippen LogP contribution in [-0.4, -0.2) is 46.2 Å². The van der Waals surface area contributed by atoms with E-state index in [0.29, 0.717) is 0 Å². The van der Waals surface area contributed by atoms with Gasteiger partial charge in [-0.3, -0.25) is 9.10 Å². The molecular weight excluding hydrogens is 332 g/mol. The molecular formula is C16H24N2O5S. The van der Waals surface area contributed by atoms with Crippen LogP contribution in [0, 0.1) is 5.92 Å². The molecule has 0 bridgehead atoms. The molecule has 1 aromatic carbocycles. The highest BCUT2D eigenvalue weighted by Gasteiger charge is 2.23. The van der Waals surface area contributed by atoms with E-state index < -0.39 is 16.0 Å². The highest BCUT2D eigenvalue weighted by Crippen LogP contribution is 2.23. The number of para-hydroxylation sites is 1. The predicted octanol–water partition coefficient (Wildman–Crippen LogP) is 1.40. The van der Waals surface area contributed by atoms with Gasteiger partial charge in [-0.25, -0.2) is 13.2 Å². The maximum atomic E-state index is 12.1. The first-order valence-corrected chi connectivity index (χ1v) is 9.54. The predicted molar refractivity (Wildman–Crippen MR) is 92.4 cm³/mol. The molecule has 0 saturated heterocycles. The summed E-state index contributed by atoms with van der Waals surface area (Å²) in [5.74, 6) is -0.946. The highest BCUT2D eigenvalue weighted by atomic mass is 32.2. The normalized spacial score (nSPS) is 11.2. The summed E-state index contributed by atoms with van der Waals surface area (Å²) in [6.45, 7) is 5.53. The lowest BCUT2D eigenvalue weighted by Gasteiger charge is -2.24. The number of carbonyl (C=O) groups excluding carboxylic acids is 2. The smallest absolute Gasteiger partial charge is 0.340 e. The van der Waals surface area contributed by atoms with E-state index in [0.717, 1.165) is 10.6 Å². The molecule has 0 spiro atoms. The summed E-state index contributed by atoms with van der Waals surface area (Å²) < 4.78 is 30.3. The van der Waals surface area contributed by atoms with Gasteiger partial charge in [-0.15, -0.1) is 0 Å². The first-order valence-electron chi connectivity index (χ1n) is 7.70. The van der Waals surface area contributed by atoms with Gasteiger partial charge in [0.25, 0.3) is 0 Å². The standard InChI is InChI=1S/C16H24N2O5S/c1-5-23-16(20)13-8-6-7-9-14(13)18(24(4,21)22)11-10-17-15(19)12(2)3/h6-9,12H,5,10-11H2,1-4H3,(H,17,19). The minimum Gasteiger partial charge on any atom is -0.462 e. The third-order valence-electron chi connectivity index (χ3n) is 3.21. The zero-order valence-electron chi connectivity index (χ0n) is 14.4. The van der Waals surface area contributed by atoms with Crippen LogP contribution in [0.3, 0.4) is 0 Å². The molecule has 7 nitrogen and oxygen atoms in total. The fourth-order valence-corrected chi connectivity index (χ4v) is 2.96. The van der Waals surface area contributed by atoms with Crippen molar-refractivity contribution in [2.45, 2.75) is 20.8 Å². The van der Waals surface area contributed by atoms with Crippen LogP contribution in [0.1, 0.15) is 31.1 Å². The molecule has 0 aliphatic carbocycles. The molecule has 1 rings (SSSR count). The van der Waals surface area contributed by atoms with Crippen LogP contribution < -0.4 is 9.62 Å². The number of carbonyl (C=O) groups is 2. The number of benzene rings is 1. The maximum Gasteiger partial charge on any atom is 0.340 e. The summed E-state index contributed by atoms with van der Waals surface area (Å²) in [4.78, 5) is 23.7. The van der Waals surface area contributed by atoms with Gasteiger partial charge in [0.15, 0.2) is 0 Å². The number of amides is 1. The van der Waals surface area contributed by atoms with Gasteiger partial charge in [-0.05, 0) is 19.1 Å². The minimum absolute atomic E-state index is 0.0215. The van der Waals surface area contributed by atoms with E-state index in [-0.39, 0.29) is 42.8 Å². The average molecular weight is 356 g/mol. The van der Waals surface area contributed by atoms with Crippen LogP contribution in [-0.2, 0) is 19.6 Å². The van der Waals surface area contributed by atoms with Gasteiger partial charge in [0.1, 0.15) is 0 Å². The van der Waals surface area contributed by atoms with Crippen LogP contribution in [0.4, 0.5) is 5.69 Å². The number of esters is 1. The van der Waals surface area contributed by atoms with Crippen molar-refractivity contribution in [3.8, 4) is 0 Å². The molecule has 0 unspecified atom stereocenters. The van der Waals surface area contributed by atoms with Gasteiger partial charge in [0, 0.05) is 12.5 Å². The number of ether oxygens (including phenoxy) is 1. The number of hydrogen-bond acceptors (Lipinski definition) is 5. The Morgan fingerprint density at radius 3 is 2.42 bits per heavy atom. The van der Waals surface area contributed by atoms with Gasteiger partial charge in [0.2, 0.25) is 15.9 Å². The zero-order valence-corrected chi connectivity index (χ0v) is 15.2. The Balaban J connectivity index is 3.06. The Bertz CT molecular complexity index is 685. The van der Waals surface area contributed by atoms with Gasteiger partial charge < -0.3 is 10.1 Å². The van der Waals surface area contributed by atoms with Crippen LogP contribution in [0.2, 0.25) is 0 Å². The van der Waals surface area contributed by atoms with Gasteiger partial charge in [0.05, 0.1) is 30.7 Å². The Morgan fingerprint density at radius 2 is 1.88 bits per heavy atom. The van der Waals surface area contributed by atoms with E-state index >= 15 is 0 Å². The second-order valence-corrected chi connectivity index (χ2v) is 7.43. The number of nitrogens with one attached hydrogen (secondary N) is 1. The summed E-state index contributed by atoms with van der Waals surface area (Å²) in [6, 6.07) is 6.33. The molecule has 1 aromatic rings. The molecule has 1 amide bonds. The van der Waals surface area contributed by atoms with Crippen molar-refractivity contribution in [1.29, 1.82) is 0 Å². The number of rotatable bonds is 8. The molecule has 0 saturated carbocycles. The molecule has 0 atom stereocenters. The van der Waals surface area contributed by atoms with Gasteiger partial charge >= 0.3 is 5.97 Å². The fourth-order valence-electron chi connectivity index (χ4n) is 2.02. The quantitative estimate of drug-likeness (QED) is 0.711. The average Bonchev–Trinajstić information content (AvgIpc) is 2.50. The zero-order chi connectivity index (χ0) is 18.3. The molecule has 0 fully saturated rings. The van der Waals surface area contributed by atoms with E-state index in [1.165, 1.54) is 12.1 Å². The van der Waals surface area contributed by atoms with E-state index in [1.807, 2.05) is 0 Å². The molecule has 134 valence electrons. The lowest BCUT2D eigenvalue weighted by atomic mass is 10.2. The van der Waals surface area contributed by atoms with Gasteiger partial charge in [-0.2, -0.15) is 0 Å². The van der Waals surface area contributed by atoms with Crippen molar-refractivity contribution in [3.05, 3.63) is 29.8 Å². The third-order valence-corrected chi connectivity index (χ3v) is 4.39. The second kappa shape index (κ2) is 8.68. The van der Waals surface area contributed by atoms with Crippen LogP contribution >= 0.6 is 0 Å². The number of anilines is 1. The third kappa shape index (κ3) is 5.52. The fraction of sp³-hybridized carbons (Fsp3) is 0.500. The number of sulfonamides is 1. The van der Waals surface area contributed by atoms with Crippen LogP contribution in [0.25, 0.3) is 0 Å². The number of nitrogens with zero attached hydrogens (tertiary/aromatic N) is 1. The monoisotopic (exact) mass is 356 g/mol. The summed E-state index contributed by atoms with van der Waals surface area (Å²) in [5.41, 5.74) is 0.400. The van der Waals surface area contributed by atoms with Crippen molar-refractivity contribution in [2.75, 3.05) is 30.3 Å². The topological polar surface area (TPSA) is 92.8 Å². The molecule has 0 aliphatic rings.